The molecule has 0 radical (unpaired) electrons. The Balaban J connectivity index is 0.000000741. The summed E-state index contributed by atoms with van der Waals surface area (Å²) in [6, 6.07) is 0. The van der Waals surface area contributed by atoms with Gasteiger partial charge in [0.25, 0.3) is 0 Å². The van der Waals surface area contributed by atoms with E-state index < -0.39 is 0 Å². The van der Waals surface area contributed by atoms with Crippen LogP contribution in [0.5, 0.6) is 0 Å². The van der Waals surface area contributed by atoms with Crippen molar-refractivity contribution in [3.05, 3.63) is 47.6 Å². The predicted molar refractivity (Wildman–Crippen MR) is 86.5 cm³/mol. The van der Waals surface area contributed by atoms with E-state index in [0.717, 1.165) is 30.4 Å². The first kappa shape index (κ1) is 17.1. The van der Waals surface area contributed by atoms with Crippen LogP contribution in [-0.4, -0.2) is 0 Å². The molecule has 19 heavy (non-hydrogen) atoms. The van der Waals surface area contributed by atoms with Crippen molar-refractivity contribution in [2.75, 3.05) is 0 Å². The average molecular weight is 252 g/mol. The summed E-state index contributed by atoms with van der Waals surface area (Å²) in [5.74, 6) is 11.8. The fourth-order valence-corrected chi connectivity index (χ4v) is 1.46. The minimum absolute atomic E-state index is 1.01. The molecule has 0 unspecified atom stereocenters. The molecule has 0 heterocycles. The van der Waals surface area contributed by atoms with Crippen LogP contribution in [0.4, 0.5) is 0 Å². The highest BCUT2D eigenvalue weighted by molar-refractivity contribution is 5.49. The zero-order valence-electron chi connectivity index (χ0n) is 12.6. The van der Waals surface area contributed by atoms with Crippen molar-refractivity contribution in [3.8, 4) is 23.7 Å². The van der Waals surface area contributed by atoms with Gasteiger partial charge < -0.3 is 0 Å². The van der Waals surface area contributed by atoms with E-state index in [1.807, 2.05) is 33.8 Å². The van der Waals surface area contributed by atoms with Crippen molar-refractivity contribution in [1.29, 1.82) is 0 Å². The molecule has 0 atom stereocenters. The van der Waals surface area contributed by atoms with Crippen LogP contribution in [0.3, 0.4) is 0 Å². The van der Waals surface area contributed by atoms with Crippen LogP contribution in [0.25, 0.3) is 0 Å². The molecule has 0 aromatic heterocycles. The van der Waals surface area contributed by atoms with Gasteiger partial charge in [-0.15, -0.1) is 0 Å². The Bertz CT molecular complexity index is 474. The van der Waals surface area contributed by atoms with Gasteiger partial charge in [-0.3, -0.25) is 0 Å². The molecule has 0 N–H and O–H groups in total. The Morgan fingerprint density at radius 3 is 1.79 bits per heavy atom. The van der Waals surface area contributed by atoms with E-state index >= 15 is 0 Å². The molecule has 0 amide bonds. The third kappa shape index (κ3) is 7.91. The summed E-state index contributed by atoms with van der Waals surface area (Å²) in [4.78, 5) is 0. The normalized spacial score (nSPS) is 14.1. The van der Waals surface area contributed by atoms with Gasteiger partial charge in [-0.05, 0) is 31.1 Å². The zero-order chi connectivity index (χ0) is 14.3. The molecule has 0 aromatic rings. The van der Waals surface area contributed by atoms with Crippen molar-refractivity contribution >= 4 is 0 Å². The standard InChI is InChI=1S/C15H12.2C2H6/c1-2-8-14(9-3-1)10-4-5-11-15-12-6-7-13-15;2*1-2/h2,6,8-9,12-13H,1,3,7H2;2*1-2H3. The van der Waals surface area contributed by atoms with E-state index in [1.165, 1.54) is 0 Å². The summed E-state index contributed by atoms with van der Waals surface area (Å²) in [6.45, 7) is 8.00. The number of rotatable bonds is 0. The molecule has 0 spiro atoms. The summed E-state index contributed by atoms with van der Waals surface area (Å²) >= 11 is 0. The molecule has 0 heteroatoms. The smallest absolute Gasteiger partial charge is 0.0215 e. The van der Waals surface area contributed by atoms with Gasteiger partial charge in [0, 0.05) is 11.1 Å². The van der Waals surface area contributed by atoms with Crippen LogP contribution in [0.2, 0.25) is 0 Å². The molecule has 0 aromatic carbocycles. The Kier molecular flexibility index (Phi) is 11.3. The van der Waals surface area contributed by atoms with Gasteiger partial charge in [-0.25, -0.2) is 0 Å². The maximum absolute atomic E-state index is 3.04. The lowest BCUT2D eigenvalue weighted by atomic mass is 10.1. The third-order valence-corrected chi connectivity index (χ3v) is 2.24. The summed E-state index contributed by atoms with van der Waals surface area (Å²) in [5.41, 5.74) is 2.17. The maximum Gasteiger partial charge on any atom is 0.0215 e. The van der Waals surface area contributed by atoms with Gasteiger partial charge >= 0.3 is 0 Å². The summed E-state index contributed by atoms with van der Waals surface area (Å²) in [7, 11) is 0. The average Bonchev–Trinajstić information content (AvgIpc) is 3.02. The molecule has 2 aliphatic rings. The minimum Gasteiger partial charge on any atom is -0.0830 e. The SMILES string of the molecule is C(C#CC1=CCCC=C1)#CC1=CCC=C1.CC.CC. The van der Waals surface area contributed by atoms with E-state index in [4.69, 9.17) is 0 Å². The van der Waals surface area contributed by atoms with Crippen molar-refractivity contribution < 1.29 is 0 Å². The number of hydrogen-bond acceptors (Lipinski definition) is 0. The summed E-state index contributed by atoms with van der Waals surface area (Å²) < 4.78 is 0. The van der Waals surface area contributed by atoms with Crippen LogP contribution in [0.15, 0.2) is 47.6 Å². The molecule has 0 saturated carbocycles. The minimum atomic E-state index is 1.01. The third-order valence-electron chi connectivity index (χ3n) is 2.24. The highest BCUT2D eigenvalue weighted by Crippen LogP contribution is 2.08. The van der Waals surface area contributed by atoms with Crippen molar-refractivity contribution in [1.82, 2.24) is 0 Å². The second-order valence-corrected chi connectivity index (χ2v) is 3.44. The first-order valence-corrected chi connectivity index (χ1v) is 7.20. The van der Waals surface area contributed by atoms with Gasteiger partial charge in [0.05, 0.1) is 0 Å². The molecule has 2 rings (SSSR count). The van der Waals surface area contributed by atoms with E-state index in [1.54, 1.807) is 0 Å². The van der Waals surface area contributed by atoms with Crippen LogP contribution in [-0.2, 0) is 0 Å². The van der Waals surface area contributed by atoms with Gasteiger partial charge in [0.15, 0.2) is 0 Å². The maximum atomic E-state index is 3.04. The Morgan fingerprint density at radius 1 is 0.737 bits per heavy atom. The lowest BCUT2D eigenvalue weighted by Crippen LogP contribution is -1.79. The van der Waals surface area contributed by atoms with Crippen LogP contribution in [0.1, 0.15) is 47.0 Å². The first-order chi connectivity index (χ1) is 9.45. The fraction of sp³-hybridized carbons (Fsp3) is 0.368. The van der Waals surface area contributed by atoms with E-state index in [2.05, 4.69) is 54.1 Å². The fourth-order valence-electron chi connectivity index (χ4n) is 1.46. The van der Waals surface area contributed by atoms with E-state index in [-0.39, 0.29) is 0 Å². The monoisotopic (exact) mass is 252 g/mol. The highest BCUT2D eigenvalue weighted by Gasteiger charge is 1.91. The molecular formula is C19H24. The quantitative estimate of drug-likeness (QED) is 0.519. The molecule has 100 valence electrons. The molecular weight excluding hydrogens is 228 g/mol. The molecule has 0 saturated heterocycles. The molecule has 0 fully saturated rings. The van der Waals surface area contributed by atoms with Crippen LogP contribution >= 0.6 is 0 Å². The topological polar surface area (TPSA) is 0 Å². The number of allylic oxidation sites excluding steroid dienone is 8. The van der Waals surface area contributed by atoms with Crippen molar-refractivity contribution in [3.63, 3.8) is 0 Å². The molecule has 0 nitrogen and oxygen atoms in total. The summed E-state index contributed by atoms with van der Waals surface area (Å²) in [6.07, 6.45) is 15.9. The van der Waals surface area contributed by atoms with E-state index in [9.17, 15) is 0 Å². The predicted octanol–water partition coefficient (Wildman–Crippen LogP) is 5.21. The summed E-state index contributed by atoms with van der Waals surface area (Å²) in [5, 5.41) is 0. The lowest BCUT2D eigenvalue weighted by Gasteiger charge is -1.96. The Morgan fingerprint density at radius 2 is 1.32 bits per heavy atom. The van der Waals surface area contributed by atoms with Gasteiger partial charge in [-0.2, -0.15) is 0 Å². The molecule has 0 aliphatic heterocycles. The second kappa shape index (κ2) is 12.5. The van der Waals surface area contributed by atoms with Crippen LogP contribution < -0.4 is 0 Å². The van der Waals surface area contributed by atoms with Gasteiger partial charge in [-0.1, -0.05) is 76.0 Å². The second-order valence-electron chi connectivity index (χ2n) is 3.44. The zero-order valence-corrected chi connectivity index (χ0v) is 12.6. The van der Waals surface area contributed by atoms with Gasteiger partial charge in [0.2, 0.25) is 0 Å². The van der Waals surface area contributed by atoms with E-state index in [0.29, 0.717) is 0 Å². The largest absolute Gasteiger partial charge is 0.0830 e. The van der Waals surface area contributed by atoms with Gasteiger partial charge in [0.1, 0.15) is 0 Å². The van der Waals surface area contributed by atoms with Crippen molar-refractivity contribution in [2.45, 2.75) is 47.0 Å². The Hall–Kier alpha value is -1.92. The van der Waals surface area contributed by atoms with Crippen LogP contribution in [0, 0.1) is 23.7 Å². The molecule has 0 bridgehead atoms. The lowest BCUT2D eigenvalue weighted by molar-refractivity contribution is 1.03. The van der Waals surface area contributed by atoms with Crippen molar-refractivity contribution in [2.24, 2.45) is 0 Å². The molecule has 2 aliphatic carbocycles. The Labute approximate surface area is 119 Å². The number of hydrogen-bond donors (Lipinski definition) is 0. The first-order valence-electron chi connectivity index (χ1n) is 7.20. The highest BCUT2D eigenvalue weighted by atomic mass is 14.0.